The predicted octanol–water partition coefficient (Wildman–Crippen LogP) is 4.40. The van der Waals surface area contributed by atoms with E-state index in [-0.39, 0.29) is 29.3 Å². The number of amides is 2. The van der Waals surface area contributed by atoms with Crippen LogP contribution in [-0.2, 0) is 4.79 Å². The van der Waals surface area contributed by atoms with Crippen LogP contribution in [0.4, 0.5) is 0 Å². The first-order valence-electron chi connectivity index (χ1n) is 10.8. The molecule has 4 rings (SSSR count). The van der Waals surface area contributed by atoms with Gasteiger partial charge in [-0.05, 0) is 50.7 Å². The Morgan fingerprint density at radius 3 is 2.52 bits per heavy atom. The lowest BCUT2D eigenvalue weighted by Crippen LogP contribution is -2.63. The SMILES string of the molecule is CC[C@@H](C)N1C(=O)c2ccccc2[C@@H](C(=O)NC2CCCC2)C12CCCC2. The van der Waals surface area contributed by atoms with Crippen LogP contribution in [0.25, 0.3) is 0 Å². The maximum absolute atomic E-state index is 13.6. The molecule has 0 aromatic heterocycles. The van der Waals surface area contributed by atoms with Crippen molar-refractivity contribution in [3.63, 3.8) is 0 Å². The first-order chi connectivity index (χ1) is 13.1. The molecule has 4 heteroatoms. The largest absolute Gasteiger partial charge is 0.353 e. The molecule has 4 nitrogen and oxygen atoms in total. The summed E-state index contributed by atoms with van der Waals surface area (Å²) in [6.45, 7) is 4.27. The summed E-state index contributed by atoms with van der Waals surface area (Å²) >= 11 is 0. The third-order valence-electron chi connectivity index (χ3n) is 7.20. The molecule has 1 spiro atoms. The fourth-order valence-electron chi connectivity index (χ4n) is 5.78. The zero-order valence-corrected chi connectivity index (χ0v) is 16.7. The minimum atomic E-state index is -0.358. The van der Waals surface area contributed by atoms with E-state index in [1.807, 2.05) is 24.3 Å². The molecular formula is C23H32N2O2. The topological polar surface area (TPSA) is 49.4 Å². The van der Waals surface area contributed by atoms with Crippen LogP contribution >= 0.6 is 0 Å². The van der Waals surface area contributed by atoms with Crippen molar-refractivity contribution in [2.24, 2.45) is 0 Å². The molecule has 1 N–H and O–H groups in total. The van der Waals surface area contributed by atoms with Crippen LogP contribution in [0.1, 0.15) is 93.5 Å². The summed E-state index contributed by atoms with van der Waals surface area (Å²) in [5, 5.41) is 3.36. The van der Waals surface area contributed by atoms with Crippen LogP contribution in [0.15, 0.2) is 24.3 Å². The Hall–Kier alpha value is -1.84. The Balaban J connectivity index is 1.80. The van der Waals surface area contributed by atoms with Crippen LogP contribution in [0.5, 0.6) is 0 Å². The Kier molecular flexibility index (Phi) is 5.00. The summed E-state index contributed by atoms with van der Waals surface area (Å²) in [6, 6.07) is 8.27. The summed E-state index contributed by atoms with van der Waals surface area (Å²) in [5.41, 5.74) is 1.31. The van der Waals surface area contributed by atoms with Crippen LogP contribution in [0, 0.1) is 0 Å². The van der Waals surface area contributed by atoms with Gasteiger partial charge in [0.1, 0.15) is 0 Å². The molecule has 27 heavy (non-hydrogen) atoms. The number of carbonyl (C=O) groups is 2. The Labute approximate surface area is 162 Å². The van der Waals surface area contributed by atoms with Crippen LogP contribution < -0.4 is 5.32 Å². The predicted molar refractivity (Wildman–Crippen MR) is 107 cm³/mol. The van der Waals surface area contributed by atoms with Gasteiger partial charge < -0.3 is 10.2 Å². The summed E-state index contributed by atoms with van der Waals surface area (Å²) in [7, 11) is 0. The third-order valence-corrected chi connectivity index (χ3v) is 7.20. The average molecular weight is 369 g/mol. The fraction of sp³-hybridized carbons (Fsp3) is 0.652. The van der Waals surface area contributed by atoms with Crippen molar-refractivity contribution in [2.45, 2.75) is 95.2 Å². The molecule has 3 aliphatic rings. The second-order valence-corrected chi connectivity index (χ2v) is 8.75. The first-order valence-corrected chi connectivity index (χ1v) is 10.8. The summed E-state index contributed by atoms with van der Waals surface area (Å²) in [4.78, 5) is 29.2. The Morgan fingerprint density at radius 2 is 1.85 bits per heavy atom. The van der Waals surface area contributed by atoms with E-state index in [1.165, 1.54) is 12.8 Å². The Morgan fingerprint density at radius 1 is 1.19 bits per heavy atom. The molecule has 0 bridgehead atoms. The molecule has 0 saturated heterocycles. The van der Waals surface area contributed by atoms with Gasteiger partial charge in [-0.15, -0.1) is 0 Å². The number of fused-ring (bicyclic) bond motifs is 1. The van der Waals surface area contributed by atoms with Gasteiger partial charge in [-0.2, -0.15) is 0 Å². The summed E-state index contributed by atoms with van der Waals surface area (Å²) in [5.74, 6) is 0.00678. The van der Waals surface area contributed by atoms with E-state index in [1.54, 1.807) is 0 Å². The van der Waals surface area contributed by atoms with Crippen molar-refractivity contribution < 1.29 is 9.59 Å². The molecule has 1 heterocycles. The first kappa shape index (κ1) is 18.5. The number of nitrogens with zero attached hydrogens (tertiary/aromatic N) is 1. The Bertz CT molecular complexity index is 717. The van der Waals surface area contributed by atoms with E-state index in [0.717, 1.165) is 56.1 Å². The maximum atomic E-state index is 13.6. The molecule has 2 amide bonds. The van der Waals surface area contributed by atoms with Crippen LogP contribution in [0.3, 0.4) is 0 Å². The van der Waals surface area contributed by atoms with E-state index in [2.05, 4.69) is 24.1 Å². The highest BCUT2D eigenvalue weighted by molar-refractivity contribution is 6.02. The molecule has 1 aromatic rings. The number of hydrogen-bond acceptors (Lipinski definition) is 2. The maximum Gasteiger partial charge on any atom is 0.254 e. The van der Waals surface area contributed by atoms with E-state index in [9.17, 15) is 9.59 Å². The van der Waals surface area contributed by atoms with E-state index >= 15 is 0 Å². The van der Waals surface area contributed by atoms with Crippen molar-refractivity contribution in [1.29, 1.82) is 0 Å². The van der Waals surface area contributed by atoms with E-state index in [4.69, 9.17) is 0 Å². The zero-order valence-electron chi connectivity index (χ0n) is 16.7. The van der Waals surface area contributed by atoms with Gasteiger partial charge in [0.15, 0.2) is 0 Å². The zero-order chi connectivity index (χ0) is 19.0. The normalized spacial score (nSPS) is 25.6. The average Bonchev–Trinajstić information content (AvgIpc) is 3.34. The highest BCUT2D eigenvalue weighted by atomic mass is 16.2. The number of carbonyl (C=O) groups excluding carboxylic acids is 2. The van der Waals surface area contributed by atoms with Gasteiger partial charge >= 0.3 is 0 Å². The lowest BCUT2D eigenvalue weighted by Gasteiger charge is -2.52. The number of benzene rings is 1. The third kappa shape index (κ3) is 2.97. The number of rotatable bonds is 4. The van der Waals surface area contributed by atoms with Crippen molar-refractivity contribution in [3.05, 3.63) is 35.4 Å². The van der Waals surface area contributed by atoms with Crippen molar-refractivity contribution in [3.8, 4) is 0 Å². The second-order valence-electron chi connectivity index (χ2n) is 8.75. The van der Waals surface area contributed by atoms with Crippen molar-refractivity contribution >= 4 is 11.8 Å². The monoisotopic (exact) mass is 368 g/mol. The van der Waals surface area contributed by atoms with E-state index in [0.29, 0.717) is 6.04 Å². The van der Waals surface area contributed by atoms with Gasteiger partial charge in [0.25, 0.3) is 5.91 Å². The van der Waals surface area contributed by atoms with Gasteiger partial charge in [-0.25, -0.2) is 0 Å². The van der Waals surface area contributed by atoms with Gasteiger partial charge in [-0.1, -0.05) is 50.8 Å². The highest BCUT2D eigenvalue weighted by Crippen LogP contribution is 2.51. The van der Waals surface area contributed by atoms with Crippen LogP contribution in [-0.4, -0.2) is 34.3 Å². The second kappa shape index (κ2) is 7.29. The van der Waals surface area contributed by atoms with Crippen LogP contribution in [0.2, 0.25) is 0 Å². The molecule has 2 aliphatic carbocycles. The minimum Gasteiger partial charge on any atom is -0.353 e. The minimum absolute atomic E-state index is 0.117. The lowest BCUT2D eigenvalue weighted by atomic mass is 9.70. The number of nitrogens with one attached hydrogen (secondary N) is 1. The van der Waals surface area contributed by atoms with Crippen molar-refractivity contribution in [1.82, 2.24) is 10.2 Å². The fourth-order valence-corrected chi connectivity index (χ4v) is 5.78. The molecule has 1 aromatic carbocycles. The van der Waals surface area contributed by atoms with E-state index < -0.39 is 0 Å². The molecule has 0 unspecified atom stereocenters. The highest BCUT2D eigenvalue weighted by Gasteiger charge is 2.56. The molecule has 2 fully saturated rings. The lowest BCUT2D eigenvalue weighted by molar-refractivity contribution is -0.127. The standard InChI is InChI=1S/C23H32N2O2/c1-3-16(2)25-22(27)19-13-7-6-12-18(19)20(23(25)14-8-9-15-23)21(26)24-17-10-4-5-11-17/h6-7,12-13,16-17,20H,3-5,8-11,14-15H2,1-2H3,(H,24,26)/t16-,20+/m1/s1. The molecule has 2 atom stereocenters. The smallest absolute Gasteiger partial charge is 0.254 e. The summed E-state index contributed by atoms with van der Waals surface area (Å²) in [6.07, 6.45) is 9.53. The molecule has 146 valence electrons. The van der Waals surface area contributed by atoms with Gasteiger partial charge in [0.2, 0.25) is 5.91 Å². The van der Waals surface area contributed by atoms with Gasteiger partial charge in [-0.3, -0.25) is 9.59 Å². The van der Waals surface area contributed by atoms with Gasteiger partial charge in [0, 0.05) is 17.6 Å². The quantitative estimate of drug-likeness (QED) is 0.856. The number of hydrogen-bond donors (Lipinski definition) is 1. The molecule has 1 aliphatic heterocycles. The molecule has 0 radical (unpaired) electrons. The van der Waals surface area contributed by atoms with Gasteiger partial charge in [0.05, 0.1) is 11.5 Å². The summed E-state index contributed by atoms with van der Waals surface area (Å²) < 4.78 is 0. The molecular weight excluding hydrogens is 336 g/mol. The molecule has 2 saturated carbocycles. The van der Waals surface area contributed by atoms with Crippen molar-refractivity contribution in [2.75, 3.05) is 0 Å².